The van der Waals surface area contributed by atoms with E-state index >= 15 is 0 Å². The van der Waals surface area contributed by atoms with Gasteiger partial charge in [-0.05, 0) is 55.0 Å². The van der Waals surface area contributed by atoms with Crippen LogP contribution in [0.5, 0.6) is 0 Å². The number of piperidine rings is 1. The lowest BCUT2D eigenvalue weighted by Crippen LogP contribution is -2.37. The van der Waals surface area contributed by atoms with Crippen LogP contribution in [0.1, 0.15) is 58.3 Å². The molecule has 2 heterocycles. The van der Waals surface area contributed by atoms with Crippen molar-refractivity contribution in [2.24, 2.45) is 17.8 Å². The smallest absolute Gasteiger partial charge is 0.222 e. The summed E-state index contributed by atoms with van der Waals surface area (Å²) in [5.74, 6) is 2.94. The van der Waals surface area contributed by atoms with Gasteiger partial charge in [-0.15, -0.1) is 0 Å². The van der Waals surface area contributed by atoms with E-state index in [0.29, 0.717) is 5.28 Å². The summed E-state index contributed by atoms with van der Waals surface area (Å²) in [6.07, 6.45) is 15.1. The van der Waals surface area contributed by atoms with E-state index < -0.39 is 0 Å². The SMILES string of the molecule is CCC[C@H]1CC[C@H](C2CCN(c3cnc(Cl)nc3)CC2)CC1. The predicted octanol–water partition coefficient (Wildman–Crippen LogP) is 4.95. The Morgan fingerprint density at radius 3 is 2.18 bits per heavy atom. The van der Waals surface area contributed by atoms with Crippen LogP contribution in [0.15, 0.2) is 12.4 Å². The van der Waals surface area contributed by atoms with Gasteiger partial charge in [0.15, 0.2) is 0 Å². The molecular formula is C18H28ClN3. The third-order valence-electron chi connectivity index (χ3n) is 5.77. The molecule has 1 aromatic rings. The van der Waals surface area contributed by atoms with E-state index in [0.717, 1.165) is 36.5 Å². The van der Waals surface area contributed by atoms with Crippen LogP contribution in [-0.2, 0) is 0 Å². The van der Waals surface area contributed by atoms with Gasteiger partial charge < -0.3 is 4.90 Å². The summed E-state index contributed by atoms with van der Waals surface area (Å²) in [4.78, 5) is 10.6. The molecule has 0 atom stereocenters. The third-order valence-corrected chi connectivity index (χ3v) is 5.96. The van der Waals surface area contributed by atoms with Crippen molar-refractivity contribution >= 4 is 17.3 Å². The minimum Gasteiger partial charge on any atom is -0.369 e. The standard InChI is InChI=1S/C18H28ClN3/c1-2-3-14-4-6-15(7-5-14)16-8-10-22(11-9-16)17-12-20-18(19)21-13-17/h12-16H,2-11H2,1H3/t14-,15-. The van der Waals surface area contributed by atoms with Gasteiger partial charge in [0.05, 0.1) is 18.1 Å². The molecule has 1 saturated carbocycles. The number of nitrogens with zero attached hydrogens (tertiary/aromatic N) is 3. The van der Waals surface area contributed by atoms with Crippen LogP contribution in [-0.4, -0.2) is 23.1 Å². The van der Waals surface area contributed by atoms with Crippen molar-refractivity contribution in [3.05, 3.63) is 17.7 Å². The molecule has 3 rings (SSSR count). The highest BCUT2D eigenvalue weighted by Crippen LogP contribution is 2.39. The highest BCUT2D eigenvalue weighted by Gasteiger charge is 2.30. The summed E-state index contributed by atoms with van der Waals surface area (Å²) in [6, 6.07) is 0. The number of rotatable bonds is 4. The number of hydrogen-bond donors (Lipinski definition) is 0. The molecule has 1 aliphatic carbocycles. The van der Waals surface area contributed by atoms with Gasteiger partial charge in [0.2, 0.25) is 5.28 Å². The zero-order valence-electron chi connectivity index (χ0n) is 13.7. The fourth-order valence-electron chi connectivity index (χ4n) is 4.45. The Balaban J connectivity index is 1.47. The second-order valence-electron chi connectivity index (χ2n) is 7.10. The predicted molar refractivity (Wildman–Crippen MR) is 92.3 cm³/mol. The van der Waals surface area contributed by atoms with Gasteiger partial charge in [0.1, 0.15) is 0 Å². The van der Waals surface area contributed by atoms with Gasteiger partial charge in [-0.2, -0.15) is 0 Å². The van der Waals surface area contributed by atoms with Crippen molar-refractivity contribution in [2.75, 3.05) is 18.0 Å². The molecule has 0 bridgehead atoms. The van der Waals surface area contributed by atoms with Gasteiger partial charge in [0, 0.05) is 13.1 Å². The highest BCUT2D eigenvalue weighted by atomic mass is 35.5. The van der Waals surface area contributed by atoms with E-state index in [-0.39, 0.29) is 0 Å². The molecular weight excluding hydrogens is 294 g/mol. The molecule has 3 nitrogen and oxygen atoms in total. The van der Waals surface area contributed by atoms with Crippen LogP contribution in [0.4, 0.5) is 5.69 Å². The van der Waals surface area contributed by atoms with Crippen LogP contribution in [0, 0.1) is 17.8 Å². The van der Waals surface area contributed by atoms with Crippen LogP contribution < -0.4 is 4.90 Å². The van der Waals surface area contributed by atoms with E-state index in [1.54, 1.807) is 0 Å². The molecule has 2 fully saturated rings. The van der Waals surface area contributed by atoms with Crippen LogP contribution in [0.2, 0.25) is 5.28 Å². The molecule has 0 spiro atoms. The summed E-state index contributed by atoms with van der Waals surface area (Å²) in [5.41, 5.74) is 1.12. The molecule has 122 valence electrons. The molecule has 0 amide bonds. The molecule has 1 aliphatic heterocycles. The molecule has 0 aromatic carbocycles. The van der Waals surface area contributed by atoms with Crippen molar-refractivity contribution in [3.63, 3.8) is 0 Å². The summed E-state index contributed by atoms with van der Waals surface area (Å²) in [7, 11) is 0. The normalized spacial score (nSPS) is 27.1. The summed E-state index contributed by atoms with van der Waals surface area (Å²) >= 11 is 5.77. The monoisotopic (exact) mass is 321 g/mol. The Labute approximate surface area is 139 Å². The van der Waals surface area contributed by atoms with Gasteiger partial charge in [0.25, 0.3) is 0 Å². The van der Waals surface area contributed by atoms with E-state index in [4.69, 9.17) is 11.6 Å². The molecule has 0 unspecified atom stereocenters. The minimum absolute atomic E-state index is 0.336. The summed E-state index contributed by atoms with van der Waals surface area (Å²) in [5, 5.41) is 0.336. The quantitative estimate of drug-likeness (QED) is 0.734. The summed E-state index contributed by atoms with van der Waals surface area (Å²) < 4.78 is 0. The first-order valence-electron chi connectivity index (χ1n) is 8.98. The lowest BCUT2D eigenvalue weighted by atomic mass is 9.72. The number of aromatic nitrogens is 2. The van der Waals surface area contributed by atoms with Crippen LogP contribution in [0.3, 0.4) is 0 Å². The Morgan fingerprint density at radius 1 is 1.00 bits per heavy atom. The lowest BCUT2D eigenvalue weighted by molar-refractivity contribution is 0.175. The first-order valence-corrected chi connectivity index (χ1v) is 9.36. The first-order chi connectivity index (χ1) is 10.8. The molecule has 22 heavy (non-hydrogen) atoms. The average Bonchev–Trinajstić information content (AvgIpc) is 2.57. The van der Waals surface area contributed by atoms with E-state index in [2.05, 4.69) is 21.8 Å². The molecule has 0 radical (unpaired) electrons. The minimum atomic E-state index is 0.336. The molecule has 0 N–H and O–H groups in total. The number of hydrogen-bond acceptors (Lipinski definition) is 3. The number of anilines is 1. The highest BCUT2D eigenvalue weighted by molar-refractivity contribution is 6.28. The van der Waals surface area contributed by atoms with Gasteiger partial charge in [-0.25, -0.2) is 9.97 Å². The maximum Gasteiger partial charge on any atom is 0.222 e. The molecule has 1 saturated heterocycles. The van der Waals surface area contributed by atoms with Crippen molar-refractivity contribution in [1.82, 2.24) is 9.97 Å². The van der Waals surface area contributed by atoms with E-state index in [1.807, 2.05) is 12.4 Å². The zero-order valence-corrected chi connectivity index (χ0v) is 14.4. The fourth-order valence-corrected chi connectivity index (χ4v) is 4.55. The number of halogens is 1. The largest absolute Gasteiger partial charge is 0.369 e. The Hall–Kier alpha value is -0.830. The third kappa shape index (κ3) is 3.92. The van der Waals surface area contributed by atoms with Crippen molar-refractivity contribution in [1.29, 1.82) is 0 Å². The molecule has 2 aliphatic rings. The Kier molecular flexibility index (Phi) is 5.56. The molecule has 1 aromatic heterocycles. The first kappa shape index (κ1) is 16.0. The second kappa shape index (κ2) is 7.63. The van der Waals surface area contributed by atoms with E-state index in [1.165, 1.54) is 51.4 Å². The maximum atomic E-state index is 5.77. The second-order valence-corrected chi connectivity index (χ2v) is 7.44. The summed E-state index contributed by atoms with van der Waals surface area (Å²) in [6.45, 7) is 4.61. The van der Waals surface area contributed by atoms with Crippen molar-refractivity contribution in [3.8, 4) is 0 Å². The Bertz CT molecular complexity index is 446. The van der Waals surface area contributed by atoms with Gasteiger partial charge >= 0.3 is 0 Å². The topological polar surface area (TPSA) is 29.0 Å². The van der Waals surface area contributed by atoms with Crippen LogP contribution in [0.25, 0.3) is 0 Å². The van der Waals surface area contributed by atoms with E-state index in [9.17, 15) is 0 Å². The molecule has 4 heteroatoms. The maximum absolute atomic E-state index is 5.77. The van der Waals surface area contributed by atoms with Gasteiger partial charge in [-0.1, -0.05) is 32.6 Å². The zero-order chi connectivity index (χ0) is 15.4. The van der Waals surface area contributed by atoms with Crippen LogP contribution >= 0.6 is 11.6 Å². The average molecular weight is 322 g/mol. The van der Waals surface area contributed by atoms with Gasteiger partial charge in [-0.3, -0.25) is 0 Å². The van der Waals surface area contributed by atoms with Crippen molar-refractivity contribution in [2.45, 2.75) is 58.3 Å². The Morgan fingerprint density at radius 2 is 1.59 bits per heavy atom. The fraction of sp³-hybridized carbons (Fsp3) is 0.778. The van der Waals surface area contributed by atoms with Crippen molar-refractivity contribution < 1.29 is 0 Å². The lowest BCUT2D eigenvalue weighted by Gasteiger charge is -2.39.